The fourth-order valence-electron chi connectivity index (χ4n) is 4.01. The van der Waals surface area contributed by atoms with E-state index in [2.05, 4.69) is 25.8 Å². The molecule has 3 rings (SSSR count). The quantitative estimate of drug-likeness (QED) is 0.471. The van der Waals surface area contributed by atoms with Gasteiger partial charge in [-0.15, -0.1) is 0 Å². The molecule has 1 N–H and O–H groups in total. The van der Waals surface area contributed by atoms with Crippen LogP contribution in [0.1, 0.15) is 61.0 Å². The Balaban J connectivity index is 1.85. The minimum atomic E-state index is -1.22. The first-order valence-electron chi connectivity index (χ1n) is 11.8. The number of carbonyl (C=O) groups excluding carboxylic acids is 1. The first kappa shape index (κ1) is 27.9. The second kappa shape index (κ2) is 11.1. The van der Waals surface area contributed by atoms with Crippen molar-refractivity contribution in [3.05, 3.63) is 57.1 Å². The second-order valence-corrected chi connectivity index (χ2v) is 10.9. The van der Waals surface area contributed by atoms with E-state index in [9.17, 15) is 19.1 Å². The number of piperazine rings is 1. The minimum absolute atomic E-state index is 0.106. The van der Waals surface area contributed by atoms with Crippen molar-refractivity contribution in [3.8, 4) is 5.75 Å². The van der Waals surface area contributed by atoms with Crippen molar-refractivity contribution in [3.63, 3.8) is 0 Å². The lowest BCUT2D eigenvalue weighted by Gasteiger charge is -2.41. The Morgan fingerprint density at radius 1 is 1.22 bits per heavy atom. The van der Waals surface area contributed by atoms with Crippen molar-refractivity contribution in [2.24, 2.45) is 0 Å². The molecule has 8 nitrogen and oxygen atoms in total. The van der Waals surface area contributed by atoms with Crippen molar-refractivity contribution in [2.75, 3.05) is 26.2 Å². The maximum atomic E-state index is 14.5. The summed E-state index contributed by atoms with van der Waals surface area (Å²) in [5.74, 6) is -1.48. The molecule has 1 aliphatic rings. The molecule has 2 atom stereocenters. The largest absolute Gasteiger partial charge is 0.482 e. The number of hydrogen-bond donors (Lipinski definition) is 1. The number of benzene rings is 1. The Bertz CT molecular complexity index is 1140. The topological polar surface area (TPSA) is 92.2 Å². The first-order valence-corrected chi connectivity index (χ1v) is 12.6. The van der Waals surface area contributed by atoms with Gasteiger partial charge in [0.2, 0.25) is 0 Å². The van der Waals surface area contributed by atoms with Crippen LogP contribution in [0, 0.1) is 19.7 Å². The van der Waals surface area contributed by atoms with E-state index in [-0.39, 0.29) is 29.4 Å². The van der Waals surface area contributed by atoms with E-state index in [4.69, 9.17) is 9.47 Å². The number of aromatic nitrogens is 1. The van der Waals surface area contributed by atoms with E-state index in [1.807, 2.05) is 27.7 Å². The fourth-order valence-corrected chi connectivity index (χ4v) is 4.30. The van der Waals surface area contributed by atoms with E-state index in [0.717, 1.165) is 0 Å². The summed E-state index contributed by atoms with van der Waals surface area (Å²) in [4.78, 5) is 32.4. The van der Waals surface area contributed by atoms with Gasteiger partial charge < -0.3 is 19.5 Å². The highest BCUT2D eigenvalue weighted by atomic mass is 79.9. The Labute approximate surface area is 219 Å². The number of halogens is 2. The van der Waals surface area contributed by atoms with Crippen molar-refractivity contribution in [1.82, 2.24) is 14.8 Å². The lowest BCUT2D eigenvalue weighted by molar-refractivity contribution is -0.00302. The zero-order valence-electron chi connectivity index (χ0n) is 21.5. The summed E-state index contributed by atoms with van der Waals surface area (Å²) >= 11 is 3.27. The standard InChI is InChI=1S/C26H33BrFN3O5/c1-15-7-8-18(12-19(15)28)21(35-20-11-16(2)23(27)29-22(20)24(32)33)14-30-9-10-31(17(3)13-30)25(34)36-26(4,5)6/h7-8,11-12,17,21H,9-10,13-14H2,1-6H3,(H,32,33)/t17-,21-/m1/s1. The van der Waals surface area contributed by atoms with Crippen molar-refractivity contribution in [1.29, 1.82) is 0 Å². The van der Waals surface area contributed by atoms with Crippen LogP contribution in [0.25, 0.3) is 0 Å². The van der Waals surface area contributed by atoms with Gasteiger partial charge in [0, 0.05) is 32.2 Å². The summed E-state index contributed by atoms with van der Waals surface area (Å²) in [7, 11) is 0. The zero-order valence-corrected chi connectivity index (χ0v) is 23.1. The molecule has 10 heteroatoms. The molecule has 0 unspecified atom stereocenters. The molecule has 1 fully saturated rings. The summed E-state index contributed by atoms with van der Waals surface area (Å²) in [5, 5.41) is 9.68. The monoisotopic (exact) mass is 565 g/mol. The number of aryl methyl sites for hydroxylation is 2. The molecule has 36 heavy (non-hydrogen) atoms. The van der Waals surface area contributed by atoms with E-state index in [1.165, 1.54) is 6.07 Å². The summed E-state index contributed by atoms with van der Waals surface area (Å²) in [5.41, 5.74) is 0.986. The van der Waals surface area contributed by atoms with E-state index >= 15 is 0 Å². The Kier molecular flexibility index (Phi) is 8.61. The number of aromatic carboxylic acids is 1. The van der Waals surface area contributed by atoms with Crippen LogP contribution in [0.15, 0.2) is 28.9 Å². The molecule has 196 valence electrons. The average Bonchev–Trinajstić information content (AvgIpc) is 2.76. The molecule has 2 heterocycles. The fraction of sp³-hybridized carbons (Fsp3) is 0.500. The summed E-state index contributed by atoms with van der Waals surface area (Å²) < 4.78 is 26.6. The molecule has 0 bridgehead atoms. The smallest absolute Gasteiger partial charge is 0.410 e. The van der Waals surface area contributed by atoms with Crippen LogP contribution in [-0.4, -0.2) is 69.8 Å². The molecule has 1 saturated heterocycles. The average molecular weight is 566 g/mol. The molecule has 0 saturated carbocycles. The van der Waals surface area contributed by atoms with Crippen LogP contribution < -0.4 is 4.74 Å². The summed E-state index contributed by atoms with van der Waals surface area (Å²) in [6, 6.07) is 6.37. The molecule has 1 aromatic carbocycles. The van der Waals surface area contributed by atoms with Gasteiger partial charge >= 0.3 is 12.1 Å². The van der Waals surface area contributed by atoms with Gasteiger partial charge in [-0.2, -0.15) is 0 Å². The van der Waals surface area contributed by atoms with Gasteiger partial charge in [-0.1, -0.05) is 12.1 Å². The maximum absolute atomic E-state index is 14.5. The van der Waals surface area contributed by atoms with Crippen molar-refractivity contribution < 1.29 is 28.6 Å². The number of rotatable bonds is 6. The van der Waals surface area contributed by atoms with Gasteiger partial charge in [-0.25, -0.2) is 19.0 Å². The van der Waals surface area contributed by atoms with Crippen LogP contribution in [0.3, 0.4) is 0 Å². The highest BCUT2D eigenvalue weighted by molar-refractivity contribution is 9.10. The molecular weight excluding hydrogens is 533 g/mol. The van der Waals surface area contributed by atoms with Crippen LogP contribution in [0.5, 0.6) is 5.75 Å². The molecule has 1 aliphatic heterocycles. The van der Waals surface area contributed by atoms with Gasteiger partial charge in [-0.3, -0.25) is 4.90 Å². The molecule has 0 radical (unpaired) electrons. The third-order valence-electron chi connectivity index (χ3n) is 5.92. The minimum Gasteiger partial charge on any atom is -0.482 e. The Morgan fingerprint density at radius 3 is 2.50 bits per heavy atom. The van der Waals surface area contributed by atoms with Crippen LogP contribution in [-0.2, 0) is 4.74 Å². The number of ether oxygens (including phenoxy) is 2. The van der Waals surface area contributed by atoms with Crippen LogP contribution in [0.2, 0.25) is 0 Å². The summed E-state index contributed by atoms with van der Waals surface area (Å²) in [6.45, 7) is 12.8. The number of carbonyl (C=O) groups is 2. The highest BCUT2D eigenvalue weighted by Gasteiger charge is 2.32. The number of amides is 1. The molecule has 1 amide bonds. The Hall–Kier alpha value is -2.72. The Morgan fingerprint density at radius 2 is 1.92 bits per heavy atom. The molecule has 0 aliphatic carbocycles. The lowest BCUT2D eigenvalue weighted by Crippen LogP contribution is -2.55. The second-order valence-electron chi connectivity index (χ2n) is 10.1. The molecule has 1 aromatic heterocycles. The number of nitrogens with zero attached hydrogens (tertiary/aromatic N) is 3. The first-order chi connectivity index (χ1) is 16.7. The zero-order chi connectivity index (χ0) is 26.8. The van der Waals surface area contributed by atoms with E-state index in [1.54, 1.807) is 36.9 Å². The predicted octanol–water partition coefficient (Wildman–Crippen LogP) is 5.36. The maximum Gasteiger partial charge on any atom is 0.410 e. The SMILES string of the molecule is Cc1ccc([C@@H](CN2CCN(C(=O)OC(C)(C)C)[C@H](C)C2)Oc2cc(C)c(Br)nc2C(=O)O)cc1F. The highest BCUT2D eigenvalue weighted by Crippen LogP contribution is 2.30. The lowest BCUT2D eigenvalue weighted by atomic mass is 10.0. The third-order valence-corrected chi connectivity index (χ3v) is 6.72. The number of carboxylic acids is 1. The van der Waals surface area contributed by atoms with Gasteiger partial charge in [-0.05, 0) is 86.3 Å². The summed E-state index contributed by atoms with van der Waals surface area (Å²) in [6.07, 6.45) is -1.02. The molecular formula is C26H33BrFN3O5. The van der Waals surface area contributed by atoms with Crippen LogP contribution in [0.4, 0.5) is 9.18 Å². The number of pyridine rings is 1. The van der Waals surface area contributed by atoms with Crippen molar-refractivity contribution >= 4 is 28.0 Å². The molecule has 2 aromatic rings. The van der Waals surface area contributed by atoms with Crippen molar-refractivity contribution in [2.45, 2.75) is 59.3 Å². The van der Waals surface area contributed by atoms with Gasteiger partial charge in [0.1, 0.15) is 22.1 Å². The molecule has 0 spiro atoms. The third kappa shape index (κ3) is 6.94. The number of carboxylic acid groups (broad SMARTS) is 1. The van der Waals surface area contributed by atoms with Gasteiger partial charge in [0.05, 0.1) is 0 Å². The normalized spacial score (nSPS) is 17.6. The predicted molar refractivity (Wildman–Crippen MR) is 137 cm³/mol. The van der Waals surface area contributed by atoms with E-state index < -0.39 is 17.7 Å². The van der Waals surface area contributed by atoms with E-state index in [0.29, 0.717) is 47.5 Å². The number of hydrogen-bond acceptors (Lipinski definition) is 6. The van der Waals surface area contributed by atoms with Gasteiger partial charge in [0.25, 0.3) is 0 Å². The van der Waals surface area contributed by atoms with Crippen LogP contribution >= 0.6 is 15.9 Å². The van der Waals surface area contributed by atoms with Gasteiger partial charge in [0.15, 0.2) is 11.4 Å².